The molecule has 22 heavy (non-hydrogen) atoms. The van der Waals surface area contributed by atoms with E-state index in [-0.39, 0.29) is 12.2 Å². The molecule has 1 unspecified atom stereocenters. The maximum Gasteiger partial charge on any atom is 0.419 e. The topological polar surface area (TPSA) is 47.6 Å². The Labute approximate surface area is 124 Å². The molecule has 2 rings (SSSR count). The second-order valence-electron chi connectivity index (χ2n) is 5.85. The molecule has 1 N–H and O–H groups in total. The SMILES string of the molecule is CC(C)(C)OC(=O)NC1COc2c1ccc(C(F)(F)F)c2F. The van der Waals surface area contributed by atoms with Gasteiger partial charge >= 0.3 is 12.3 Å². The second kappa shape index (κ2) is 5.33. The van der Waals surface area contributed by atoms with Crippen LogP contribution in [0, 0.1) is 5.82 Å². The minimum atomic E-state index is -4.81. The fourth-order valence-corrected chi connectivity index (χ4v) is 2.04. The first kappa shape index (κ1) is 16.4. The molecule has 122 valence electrons. The minimum Gasteiger partial charge on any atom is -0.488 e. The summed E-state index contributed by atoms with van der Waals surface area (Å²) in [5.41, 5.74) is -1.97. The summed E-state index contributed by atoms with van der Waals surface area (Å²) >= 11 is 0. The highest BCUT2D eigenvalue weighted by Crippen LogP contribution is 2.41. The molecule has 0 radical (unpaired) electrons. The number of hydrogen-bond acceptors (Lipinski definition) is 3. The lowest BCUT2D eigenvalue weighted by atomic mass is 10.1. The van der Waals surface area contributed by atoms with Crippen LogP contribution in [-0.2, 0) is 10.9 Å². The van der Waals surface area contributed by atoms with Gasteiger partial charge in [-0.05, 0) is 26.8 Å². The van der Waals surface area contributed by atoms with Crippen LogP contribution in [0.15, 0.2) is 12.1 Å². The number of alkyl halides is 3. The predicted molar refractivity (Wildman–Crippen MR) is 69.0 cm³/mol. The van der Waals surface area contributed by atoms with Crippen LogP contribution in [-0.4, -0.2) is 18.3 Å². The molecule has 0 aromatic heterocycles. The first-order valence-electron chi connectivity index (χ1n) is 6.51. The number of ether oxygens (including phenoxy) is 2. The van der Waals surface area contributed by atoms with Gasteiger partial charge in [0.25, 0.3) is 0 Å². The lowest BCUT2D eigenvalue weighted by Crippen LogP contribution is -2.35. The number of halogens is 4. The van der Waals surface area contributed by atoms with Gasteiger partial charge < -0.3 is 14.8 Å². The van der Waals surface area contributed by atoms with Crippen LogP contribution in [0.3, 0.4) is 0 Å². The average Bonchev–Trinajstić information content (AvgIpc) is 2.69. The molecule has 0 spiro atoms. The van der Waals surface area contributed by atoms with Crippen molar-refractivity contribution in [2.45, 2.75) is 38.6 Å². The smallest absolute Gasteiger partial charge is 0.419 e. The molecule has 1 aliphatic heterocycles. The zero-order chi connectivity index (χ0) is 16.7. The fourth-order valence-electron chi connectivity index (χ4n) is 2.04. The van der Waals surface area contributed by atoms with E-state index < -0.39 is 41.0 Å². The van der Waals surface area contributed by atoms with Crippen LogP contribution in [0.1, 0.15) is 37.9 Å². The van der Waals surface area contributed by atoms with Crippen molar-refractivity contribution in [2.24, 2.45) is 0 Å². The molecule has 4 nitrogen and oxygen atoms in total. The summed E-state index contributed by atoms with van der Waals surface area (Å²) in [7, 11) is 0. The van der Waals surface area contributed by atoms with E-state index in [0.29, 0.717) is 6.07 Å². The number of rotatable bonds is 1. The van der Waals surface area contributed by atoms with Gasteiger partial charge in [-0.15, -0.1) is 0 Å². The standard InChI is InChI=1S/C14H15F4NO3/c1-13(2,3)22-12(20)19-9-6-21-11-7(9)4-5-8(10(11)15)14(16,17)18/h4-5,9H,6H2,1-3H3,(H,19,20). The van der Waals surface area contributed by atoms with Gasteiger partial charge in [0.15, 0.2) is 11.6 Å². The highest BCUT2D eigenvalue weighted by molar-refractivity contribution is 5.69. The van der Waals surface area contributed by atoms with E-state index in [1.54, 1.807) is 20.8 Å². The molecule has 1 aromatic rings. The van der Waals surface area contributed by atoms with Crippen molar-refractivity contribution in [3.05, 3.63) is 29.1 Å². The lowest BCUT2D eigenvalue weighted by molar-refractivity contribution is -0.140. The van der Waals surface area contributed by atoms with Gasteiger partial charge in [0.1, 0.15) is 12.2 Å². The van der Waals surface area contributed by atoms with Gasteiger partial charge in [0.05, 0.1) is 11.6 Å². The second-order valence-corrected chi connectivity index (χ2v) is 5.85. The van der Waals surface area contributed by atoms with Crippen molar-refractivity contribution >= 4 is 6.09 Å². The third-order valence-corrected chi connectivity index (χ3v) is 2.89. The lowest BCUT2D eigenvalue weighted by Gasteiger charge is -2.21. The van der Waals surface area contributed by atoms with Crippen molar-refractivity contribution in [3.63, 3.8) is 0 Å². The van der Waals surface area contributed by atoms with E-state index in [0.717, 1.165) is 6.07 Å². The third-order valence-electron chi connectivity index (χ3n) is 2.89. The first-order chi connectivity index (χ1) is 9.99. The number of carbonyl (C=O) groups is 1. The average molecular weight is 321 g/mol. The monoisotopic (exact) mass is 321 g/mol. The van der Waals surface area contributed by atoms with E-state index in [1.165, 1.54) is 0 Å². The van der Waals surface area contributed by atoms with E-state index in [1.807, 2.05) is 0 Å². The largest absolute Gasteiger partial charge is 0.488 e. The van der Waals surface area contributed by atoms with E-state index in [4.69, 9.17) is 9.47 Å². The molecule has 1 amide bonds. The Kier molecular flexibility index (Phi) is 3.97. The fraction of sp³-hybridized carbons (Fsp3) is 0.500. The molecular formula is C14H15F4NO3. The van der Waals surface area contributed by atoms with E-state index in [9.17, 15) is 22.4 Å². The van der Waals surface area contributed by atoms with Crippen LogP contribution >= 0.6 is 0 Å². The summed E-state index contributed by atoms with van der Waals surface area (Å²) < 4.78 is 61.7. The van der Waals surface area contributed by atoms with Gasteiger partial charge in [0, 0.05) is 5.56 Å². The maximum atomic E-state index is 13.9. The van der Waals surface area contributed by atoms with Crippen molar-refractivity contribution in [3.8, 4) is 5.75 Å². The molecular weight excluding hydrogens is 306 g/mol. The summed E-state index contributed by atoms with van der Waals surface area (Å²) in [6.07, 6.45) is -5.56. The highest BCUT2D eigenvalue weighted by Gasteiger charge is 2.39. The normalized spacial score (nSPS) is 17.7. The number of amides is 1. The zero-order valence-corrected chi connectivity index (χ0v) is 12.2. The first-order valence-corrected chi connectivity index (χ1v) is 6.51. The summed E-state index contributed by atoms with van der Waals surface area (Å²) in [6.45, 7) is 4.84. The Balaban J connectivity index is 2.20. The quantitative estimate of drug-likeness (QED) is 0.800. The summed E-state index contributed by atoms with van der Waals surface area (Å²) in [6, 6.07) is 0.963. The Morgan fingerprint density at radius 3 is 2.50 bits per heavy atom. The van der Waals surface area contributed by atoms with Crippen LogP contribution in [0.2, 0.25) is 0 Å². The van der Waals surface area contributed by atoms with Gasteiger partial charge in [-0.25, -0.2) is 9.18 Å². The predicted octanol–water partition coefficient (Wildman–Crippen LogP) is 3.80. The Morgan fingerprint density at radius 1 is 1.32 bits per heavy atom. The molecule has 1 aliphatic rings. The summed E-state index contributed by atoms with van der Waals surface area (Å²) in [4.78, 5) is 11.7. The molecule has 8 heteroatoms. The number of alkyl carbamates (subject to hydrolysis) is 1. The molecule has 0 fully saturated rings. The van der Waals surface area contributed by atoms with Crippen molar-refractivity contribution in [1.82, 2.24) is 5.32 Å². The molecule has 0 saturated carbocycles. The number of nitrogens with one attached hydrogen (secondary N) is 1. The van der Waals surface area contributed by atoms with E-state index in [2.05, 4.69) is 5.32 Å². The van der Waals surface area contributed by atoms with Crippen molar-refractivity contribution in [1.29, 1.82) is 0 Å². The number of carbonyl (C=O) groups excluding carboxylic acids is 1. The van der Waals surface area contributed by atoms with Gasteiger partial charge in [0.2, 0.25) is 0 Å². The van der Waals surface area contributed by atoms with Gasteiger partial charge in [-0.1, -0.05) is 6.07 Å². The van der Waals surface area contributed by atoms with Crippen LogP contribution in [0.4, 0.5) is 22.4 Å². The Morgan fingerprint density at radius 2 is 1.95 bits per heavy atom. The Bertz CT molecular complexity index is 593. The van der Waals surface area contributed by atoms with Crippen LogP contribution in [0.5, 0.6) is 5.75 Å². The van der Waals surface area contributed by atoms with Gasteiger partial charge in [-0.2, -0.15) is 13.2 Å². The number of benzene rings is 1. The van der Waals surface area contributed by atoms with Crippen LogP contribution < -0.4 is 10.1 Å². The molecule has 0 saturated heterocycles. The third kappa shape index (κ3) is 3.42. The number of fused-ring (bicyclic) bond motifs is 1. The van der Waals surface area contributed by atoms with Crippen molar-refractivity contribution < 1.29 is 31.8 Å². The molecule has 0 bridgehead atoms. The molecule has 1 aromatic carbocycles. The summed E-state index contributed by atoms with van der Waals surface area (Å²) in [5, 5.41) is 2.44. The van der Waals surface area contributed by atoms with E-state index >= 15 is 0 Å². The summed E-state index contributed by atoms with van der Waals surface area (Å²) in [5.74, 6) is -1.96. The number of hydrogen-bond donors (Lipinski definition) is 1. The Hall–Kier alpha value is -1.99. The molecule has 1 heterocycles. The minimum absolute atomic E-state index is 0.149. The zero-order valence-electron chi connectivity index (χ0n) is 12.2. The maximum absolute atomic E-state index is 13.9. The molecule has 0 aliphatic carbocycles. The van der Waals surface area contributed by atoms with Gasteiger partial charge in [-0.3, -0.25) is 0 Å². The highest BCUT2D eigenvalue weighted by atomic mass is 19.4. The van der Waals surface area contributed by atoms with Crippen molar-refractivity contribution in [2.75, 3.05) is 6.61 Å². The van der Waals surface area contributed by atoms with Crippen LogP contribution in [0.25, 0.3) is 0 Å². The molecule has 1 atom stereocenters.